The van der Waals surface area contributed by atoms with Crippen molar-refractivity contribution in [3.05, 3.63) is 64.0 Å². The van der Waals surface area contributed by atoms with E-state index in [0.29, 0.717) is 16.1 Å². The molecule has 0 saturated carbocycles. The quantitative estimate of drug-likeness (QED) is 0.507. The molecule has 0 amide bonds. The van der Waals surface area contributed by atoms with Crippen LogP contribution in [-0.2, 0) is 4.79 Å². The summed E-state index contributed by atoms with van der Waals surface area (Å²) in [7, 11) is 0. The Bertz CT molecular complexity index is 938. The summed E-state index contributed by atoms with van der Waals surface area (Å²) in [6, 6.07) is 13.1. The molecular formula is C17H11ClN2O4S. The lowest BCUT2D eigenvalue weighted by molar-refractivity contribution is -0.131. The van der Waals surface area contributed by atoms with Crippen LogP contribution in [0.15, 0.2) is 63.1 Å². The highest BCUT2D eigenvalue weighted by molar-refractivity contribution is 8.03. The van der Waals surface area contributed by atoms with Crippen LogP contribution in [-0.4, -0.2) is 26.4 Å². The summed E-state index contributed by atoms with van der Waals surface area (Å²) in [5, 5.41) is 27.0. The Hall–Kier alpha value is -2.77. The van der Waals surface area contributed by atoms with Crippen LogP contribution >= 0.6 is 23.4 Å². The van der Waals surface area contributed by atoms with Gasteiger partial charge >= 0.3 is 5.97 Å². The molecule has 6 nitrogen and oxygen atoms in total. The van der Waals surface area contributed by atoms with Gasteiger partial charge in [0.15, 0.2) is 0 Å². The molecule has 1 aromatic heterocycles. The molecule has 2 aromatic carbocycles. The summed E-state index contributed by atoms with van der Waals surface area (Å²) in [5.74, 6) is -0.819. The van der Waals surface area contributed by atoms with Crippen molar-refractivity contribution in [2.75, 3.05) is 0 Å². The third-order valence-electron chi connectivity index (χ3n) is 3.11. The summed E-state index contributed by atoms with van der Waals surface area (Å²) in [4.78, 5) is 11.5. The van der Waals surface area contributed by atoms with Gasteiger partial charge in [-0.15, -0.1) is 10.2 Å². The predicted molar refractivity (Wildman–Crippen MR) is 94.3 cm³/mol. The predicted octanol–water partition coefficient (Wildman–Crippen LogP) is 4.31. The number of benzene rings is 2. The Morgan fingerprint density at radius 2 is 1.84 bits per heavy atom. The number of thioether (sulfide) groups is 1. The Kier molecular flexibility index (Phi) is 5.06. The summed E-state index contributed by atoms with van der Waals surface area (Å²) in [5.41, 5.74) is 1.19. The average Bonchev–Trinajstić information content (AvgIpc) is 3.05. The number of aromatic nitrogens is 2. The second-order valence-electron chi connectivity index (χ2n) is 4.86. The average molecular weight is 375 g/mol. The van der Waals surface area contributed by atoms with Crippen LogP contribution < -0.4 is 0 Å². The van der Waals surface area contributed by atoms with Crippen molar-refractivity contribution in [3.63, 3.8) is 0 Å². The summed E-state index contributed by atoms with van der Waals surface area (Å²) in [6.07, 6.45) is 1.45. The van der Waals surface area contributed by atoms with Gasteiger partial charge in [0.05, 0.1) is 10.6 Å². The maximum atomic E-state index is 11.5. The highest BCUT2D eigenvalue weighted by Gasteiger charge is 2.17. The lowest BCUT2D eigenvalue weighted by atomic mass is 10.2. The van der Waals surface area contributed by atoms with Gasteiger partial charge in [-0.05, 0) is 47.7 Å². The second-order valence-corrected chi connectivity index (χ2v) is 6.26. The van der Waals surface area contributed by atoms with Crippen molar-refractivity contribution in [2.24, 2.45) is 0 Å². The number of aromatic hydroxyl groups is 1. The number of phenolic OH excluding ortho intramolecular Hbond substituents is 1. The molecule has 1 heterocycles. The maximum Gasteiger partial charge on any atom is 0.342 e. The molecule has 3 rings (SSSR count). The van der Waals surface area contributed by atoms with Gasteiger partial charge < -0.3 is 14.6 Å². The molecule has 0 atom stereocenters. The van der Waals surface area contributed by atoms with Gasteiger partial charge in [-0.1, -0.05) is 35.9 Å². The van der Waals surface area contributed by atoms with Crippen molar-refractivity contribution in [3.8, 4) is 17.2 Å². The fourth-order valence-electron chi connectivity index (χ4n) is 1.95. The standard InChI is InChI=1S/C17H11ClN2O4S/c18-13-4-2-1-3-12(13)15-19-20-17(24-15)25-14(16(22)23)9-10-5-7-11(21)8-6-10/h1-9,21H,(H,22,23)/b14-9+. The van der Waals surface area contributed by atoms with E-state index in [0.717, 1.165) is 11.8 Å². The van der Waals surface area contributed by atoms with Gasteiger partial charge in [-0.25, -0.2) is 4.79 Å². The number of hydrogen-bond donors (Lipinski definition) is 2. The minimum absolute atomic E-state index is 0.0000448. The first-order valence-corrected chi connectivity index (χ1v) is 8.22. The monoisotopic (exact) mass is 374 g/mol. The molecule has 0 aliphatic carbocycles. The lowest BCUT2D eigenvalue weighted by Crippen LogP contribution is -1.96. The first kappa shape index (κ1) is 17.1. The van der Waals surface area contributed by atoms with Crippen LogP contribution in [0.1, 0.15) is 5.56 Å². The van der Waals surface area contributed by atoms with Crippen LogP contribution in [0, 0.1) is 0 Å². The van der Waals surface area contributed by atoms with Crippen molar-refractivity contribution < 1.29 is 19.4 Å². The van der Waals surface area contributed by atoms with Crippen molar-refractivity contribution >= 4 is 35.4 Å². The molecule has 0 fully saturated rings. The molecule has 0 radical (unpaired) electrons. The second kappa shape index (κ2) is 7.42. The third kappa shape index (κ3) is 4.20. The zero-order valence-electron chi connectivity index (χ0n) is 12.6. The molecule has 0 aliphatic heterocycles. The van der Waals surface area contributed by atoms with E-state index >= 15 is 0 Å². The van der Waals surface area contributed by atoms with Gasteiger partial charge in [0.25, 0.3) is 5.22 Å². The number of rotatable bonds is 5. The summed E-state index contributed by atoms with van der Waals surface area (Å²) >= 11 is 6.92. The number of carbonyl (C=O) groups is 1. The lowest BCUT2D eigenvalue weighted by Gasteiger charge is -2.00. The fourth-order valence-corrected chi connectivity index (χ4v) is 2.83. The first-order chi connectivity index (χ1) is 12.0. The van der Waals surface area contributed by atoms with E-state index in [1.54, 1.807) is 36.4 Å². The number of carboxylic acids is 1. The topological polar surface area (TPSA) is 96.5 Å². The van der Waals surface area contributed by atoms with Crippen molar-refractivity contribution in [1.82, 2.24) is 10.2 Å². The van der Waals surface area contributed by atoms with Gasteiger partial charge in [-0.2, -0.15) is 0 Å². The van der Waals surface area contributed by atoms with Gasteiger partial charge in [0.1, 0.15) is 10.7 Å². The molecule has 3 aromatic rings. The van der Waals surface area contributed by atoms with Crippen LogP contribution in [0.25, 0.3) is 17.5 Å². The van der Waals surface area contributed by atoms with E-state index in [1.165, 1.54) is 18.2 Å². The number of aliphatic carboxylic acids is 1. The molecule has 0 aliphatic rings. The summed E-state index contributed by atoms with van der Waals surface area (Å²) in [6.45, 7) is 0. The minimum atomic E-state index is -1.13. The molecule has 126 valence electrons. The molecule has 2 N–H and O–H groups in total. The number of hydrogen-bond acceptors (Lipinski definition) is 6. The zero-order chi connectivity index (χ0) is 17.8. The molecule has 0 saturated heterocycles. The highest BCUT2D eigenvalue weighted by Crippen LogP contribution is 2.32. The highest BCUT2D eigenvalue weighted by atomic mass is 35.5. The molecule has 8 heteroatoms. The van der Waals surface area contributed by atoms with E-state index in [4.69, 9.17) is 16.0 Å². The van der Waals surface area contributed by atoms with Crippen molar-refractivity contribution in [2.45, 2.75) is 5.22 Å². The van der Waals surface area contributed by atoms with Crippen LogP contribution in [0.3, 0.4) is 0 Å². The van der Waals surface area contributed by atoms with E-state index in [1.807, 2.05) is 0 Å². The Labute approximate surface area is 151 Å². The van der Waals surface area contributed by atoms with E-state index in [-0.39, 0.29) is 21.8 Å². The number of carboxylic acid groups (broad SMARTS) is 1. The van der Waals surface area contributed by atoms with E-state index in [9.17, 15) is 15.0 Å². The van der Waals surface area contributed by atoms with Gasteiger partial charge in [-0.3, -0.25) is 0 Å². The number of nitrogens with zero attached hydrogens (tertiary/aromatic N) is 2. The Balaban J connectivity index is 1.85. The Morgan fingerprint density at radius 3 is 2.52 bits per heavy atom. The van der Waals surface area contributed by atoms with E-state index in [2.05, 4.69) is 10.2 Å². The largest absolute Gasteiger partial charge is 0.508 e. The van der Waals surface area contributed by atoms with Gasteiger partial charge in [0, 0.05) is 0 Å². The summed E-state index contributed by atoms with van der Waals surface area (Å²) < 4.78 is 5.50. The normalized spacial score (nSPS) is 11.5. The number of halogens is 1. The SMILES string of the molecule is O=C(O)/C(=C\c1ccc(O)cc1)Sc1nnc(-c2ccccc2Cl)o1. The van der Waals surface area contributed by atoms with Crippen LogP contribution in [0.5, 0.6) is 5.75 Å². The van der Waals surface area contributed by atoms with Crippen LogP contribution in [0.2, 0.25) is 5.02 Å². The number of phenols is 1. The molecule has 0 spiro atoms. The van der Waals surface area contributed by atoms with E-state index < -0.39 is 5.97 Å². The zero-order valence-corrected chi connectivity index (χ0v) is 14.2. The third-order valence-corrected chi connectivity index (χ3v) is 4.29. The molecule has 0 bridgehead atoms. The Morgan fingerprint density at radius 1 is 1.12 bits per heavy atom. The maximum absolute atomic E-state index is 11.5. The van der Waals surface area contributed by atoms with Gasteiger partial charge in [0.2, 0.25) is 5.89 Å². The first-order valence-electron chi connectivity index (χ1n) is 7.03. The van der Waals surface area contributed by atoms with Crippen molar-refractivity contribution in [1.29, 1.82) is 0 Å². The minimum Gasteiger partial charge on any atom is -0.508 e. The fraction of sp³-hybridized carbons (Fsp3) is 0. The smallest absolute Gasteiger partial charge is 0.342 e. The molecular weight excluding hydrogens is 364 g/mol. The molecule has 25 heavy (non-hydrogen) atoms. The van der Waals surface area contributed by atoms with Crippen LogP contribution in [0.4, 0.5) is 0 Å². The molecule has 0 unspecified atom stereocenters.